The average Bonchev–Trinajstić information content (AvgIpc) is 1.75. The zero-order valence-electron chi connectivity index (χ0n) is 46.2. The fourth-order valence-corrected chi connectivity index (χ4v) is 11.8. The molecule has 8 nitrogen and oxygen atoms in total. The van der Waals surface area contributed by atoms with Crippen molar-refractivity contribution in [2.24, 2.45) is 0 Å². The highest BCUT2D eigenvalue weighted by atomic mass is 19.4. The van der Waals surface area contributed by atoms with Gasteiger partial charge in [0, 0.05) is 66.3 Å². The zero-order chi connectivity index (χ0) is 59.7. The third-order valence-electron chi connectivity index (χ3n) is 15.9. The van der Waals surface area contributed by atoms with E-state index in [-0.39, 0.29) is 0 Å². The molecule has 0 spiro atoms. The van der Waals surface area contributed by atoms with E-state index >= 15 is 0 Å². The highest BCUT2D eigenvalue weighted by Gasteiger charge is 2.33. The molecule has 14 heteroatoms. The lowest BCUT2D eigenvalue weighted by Gasteiger charge is -2.18. The third kappa shape index (κ3) is 9.66. The van der Waals surface area contributed by atoms with Crippen molar-refractivity contribution in [2.75, 3.05) is 0 Å². The van der Waals surface area contributed by atoms with Gasteiger partial charge in [0.15, 0.2) is 34.9 Å². The number of aromatic nitrogens is 8. The summed E-state index contributed by atoms with van der Waals surface area (Å²) in [6.45, 7) is 0. The molecule has 0 aliphatic rings. The van der Waals surface area contributed by atoms with Crippen LogP contribution in [0.25, 0.3) is 146 Å². The maximum absolute atomic E-state index is 14.4. The molecule has 0 aliphatic heterocycles. The second-order valence-corrected chi connectivity index (χ2v) is 21.3. The van der Waals surface area contributed by atoms with Crippen LogP contribution in [0.4, 0.5) is 26.3 Å². The molecule has 0 bridgehead atoms. The van der Waals surface area contributed by atoms with Crippen LogP contribution < -0.4 is 0 Å². The van der Waals surface area contributed by atoms with E-state index in [1.165, 1.54) is 24.3 Å². The molecule has 0 unspecified atom stereocenters. The van der Waals surface area contributed by atoms with Gasteiger partial charge < -0.3 is 9.13 Å². The quantitative estimate of drug-likeness (QED) is 0.127. The van der Waals surface area contributed by atoms with Gasteiger partial charge in [0.05, 0.1) is 33.2 Å². The number of halogens is 6. The van der Waals surface area contributed by atoms with Crippen LogP contribution in [0.2, 0.25) is 0 Å². The van der Waals surface area contributed by atoms with Crippen LogP contribution in [0, 0.1) is 0 Å². The molecule has 422 valence electrons. The van der Waals surface area contributed by atoms with Gasteiger partial charge in [-0.2, -0.15) is 26.3 Å². The molecular weight excluding hydrogens is 1110 g/mol. The van der Waals surface area contributed by atoms with Crippen molar-refractivity contribution < 1.29 is 26.3 Å². The molecule has 15 aromatic rings. The van der Waals surface area contributed by atoms with Crippen molar-refractivity contribution in [1.82, 2.24) is 39.0 Å². The lowest BCUT2D eigenvalue weighted by molar-refractivity contribution is -0.138. The van der Waals surface area contributed by atoms with E-state index in [0.29, 0.717) is 101 Å². The second kappa shape index (κ2) is 21.3. The topological polar surface area (TPSA) is 87.2 Å². The standard InChI is InChI=1S/C74H44F6N8/c75-73(76,77)51-32-38-65-59(41-51)57-28-13-15-30-63(57)87(65)53-34-36-55(61(43-53)71-83-67(45-18-5-1-6-19-45)81-68(84-71)46-20-7-2-8-21-46)49-26-17-27-50(40-49)56-37-35-54(88-64-31-16-14-29-58(64)60-42-52(74(78,79)80)33-39-66(60)88)44-62(56)72-85-69(47-22-9-3-10-23-47)82-70(86-72)48-24-11-4-12-25-48/h1-44H. The van der Waals surface area contributed by atoms with Crippen molar-refractivity contribution >= 4 is 43.6 Å². The highest BCUT2D eigenvalue weighted by Crippen LogP contribution is 2.44. The van der Waals surface area contributed by atoms with E-state index in [9.17, 15) is 26.3 Å². The van der Waals surface area contributed by atoms with Crippen molar-refractivity contribution in [3.05, 3.63) is 278 Å². The molecule has 15 rings (SSSR count). The lowest BCUT2D eigenvalue weighted by Crippen LogP contribution is -2.04. The number of rotatable bonds is 10. The molecule has 0 fully saturated rings. The fraction of sp³-hybridized carbons (Fsp3) is 0.0270. The predicted octanol–water partition coefficient (Wildman–Crippen LogP) is 19.6. The molecule has 11 aromatic carbocycles. The Morgan fingerprint density at radius 3 is 0.886 bits per heavy atom. The van der Waals surface area contributed by atoms with Crippen LogP contribution in [0.5, 0.6) is 0 Å². The molecule has 0 amide bonds. The van der Waals surface area contributed by atoms with E-state index in [2.05, 4.69) is 6.07 Å². The maximum Gasteiger partial charge on any atom is 0.416 e. The van der Waals surface area contributed by atoms with Crippen LogP contribution in [-0.2, 0) is 12.4 Å². The maximum atomic E-state index is 14.4. The van der Waals surface area contributed by atoms with E-state index in [4.69, 9.17) is 29.9 Å². The number of para-hydroxylation sites is 2. The van der Waals surface area contributed by atoms with Gasteiger partial charge in [-0.3, -0.25) is 0 Å². The number of nitrogens with zero attached hydrogens (tertiary/aromatic N) is 8. The molecule has 0 radical (unpaired) electrons. The molecule has 4 heterocycles. The molecule has 0 saturated heterocycles. The van der Waals surface area contributed by atoms with Gasteiger partial charge in [-0.25, -0.2) is 29.9 Å². The number of alkyl halides is 6. The Balaban J connectivity index is 0.973. The van der Waals surface area contributed by atoms with E-state index in [1.54, 1.807) is 0 Å². The van der Waals surface area contributed by atoms with Gasteiger partial charge in [-0.15, -0.1) is 0 Å². The number of fused-ring (bicyclic) bond motifs is 6. The first kappa shape index (κ1) is 53.4. The number of hydrogen-bond donors (Lipinski definition) is 0. The van der Waals surface area contributed by atoms with E-state index in [0.717, 1.165) is 56.6 Å². The summed E-state index contributed by atoms with van der Waals surface area (Å²) in [5.74, 6) is 2.43. The second-order valence-electron chi connectivity index (χ2n) is 21.3. The predicted molar refractivity (Wildman–Crippen MR) is 335 cm³/mol. The average molecular weight is 1160 g/mol. The SMILES string of the molecule is FC(F)(F)c1ccc2c(c1)c1ccccc1n2-c1ccc(-c2cccc(-c3ccc(-n4c5ccccc5c5cc(C(F)(F)F)ccc54)cc3-c3nc(-c4ccccc4)nc(-c4ccccc4)n3)c2)c(-c2nc(-c3ccccc3)nc(-c3ccccc3)n2)c1. The fourth-order valence-electron chi connectivity index (χ4n) is 11.8. The Morgan fingerprint density at radius 1 is 0.227 bits per heavy atom. The Kier molecular flexibility index (Phi) is 12.9. The van der Waals surface area contributed by atoms with Crippen LogP contribution in [-0.4, -0.2) is 39.0 Å². The minimum atomic E-state index is -4.56. The number of benzene rings is 11. The first-order chi connectivity index (χ1) is 42.9. The first-order valence-electron chi connectivity index (χ1n) is 28.2. The van der Waals surface area contributed by atoms with Crippen LogP contribution >= 0.6 is 0 Å². The van der Waals surface area contributed by atoms with Gasteiger partial charge >= 0.3 is 12.4 Å². The molecular formula is C74H44F6N8. The molecule has 0 N–H and O–H groups in total. The third-order valence-corrected chi connectivity index (χ3v) is 15.9. The van der Waals surface area contributed by atoms with Gasteiger partial charge in [0.25, 0.3) is 0 Å². The molecule has 0 saturated carbocycles. The largest absolute Gasteiger partial charge is 0.416 e. The molecule has 4 aromatic heterocycles. The Bertz CT molecular complexity index is 4740. The monoisotopic (exact) mass is 1160 g/mol. The lowest BCUT2D eigenvalue weighted by atomic mass is 9.92. The molecule has 0 atom stereocenters. The van der Waals surface area contributed by atoms with E-state index < -0.39 is 23.5 Å². The van der Waals surface area contributed by atoms with E-state index in [1.807, 2.05) is 234 Å². The Hall–Kier alpha value is -11.4. The van der Waals surface area contributed by atoms with Gasteiger partial charge in [-0.1, -0.05) is 188 Å². The zero-order valence-corrected chi connectivity index (χ0v) is 46.2. The first-order valence-corrected chi connectivity index (χ1v) is 28.2. The van der Waals surface area contributed by atoms with Crippen LogP contribution in [0.3, 0.4) is 0 Å². The Labute approximate surface area is 499 Å². The summed E-state index contributed by atoms with van der Waals surface area (Å²) in [6.07, 6.45) is -9.12. The van der Waals surface area contributed by atoms with Crippen molar-refractivity contribution in [2.45, 2.75) is 12.4 Å². The van der Waals surface area contributed by atoms with Crippen molar-refractivity contribution in [3.8, 4) is 102 Å². The van der Waals surface area contributed by atoms with Crippen LogP contribution in [0.15, 0.2) is 267 Å². The minimum absolute atomic E-state index is 0.348. The van der Waals surface area contributed by atoms with Crippen molar-refractivity contribution in [3.63, 3.8) is 0 Å². The minimum Gasteiger partial charge on any atom is -0.309 e. The smallest absolute Gasteiger partial charge is 0.309 e. The van der Waals surface area contributed by atoms with Gasteiger partial charge in [0.1, 0.15) is 0 Å². The van der Waals surface area contributed by atoms with Crippen LogP contribution in [0.1, 0.15) is 11.1 Å². The van der Waals surface area contributed by atoms with Gasteiger partial charge in [0.2, 0.25) is 0 Å². The highest BCUT2D eigenvalue weighted by molar-refractivity contribution is 6.11. The summed E-state index contributed by atoms with van der Waals surface area (Å²) in [5.41, 5.74) is 9.63. The van der Waals surface area contributed by atoms with Crippen molar-refractivity contribution in [1.29, 1.82) is 0 Å². The van der Waals surface area contributed by atoms with Gasteiger partial charge in [-0.05, 0) is 101 Å². The summed E-state index contributed by atoms with van der Waals surface area (Å²) in [6, 6.07) is 81.0. The summed E-state index contributed by atoms with van der Waals surface area (Å²) >= 11 is 0. The number of hydrogen-bond acceptors (Lipinski definition) is 6. The normalized spacial score (nSPS) is 12.0. The molecule has 0 aliphatic carbocycles. The molecule has 88 heavy (non-hydrogen) atoms. The summed E-state index contributed by atoms with van der Waals surface area (Å²) in [5, 5.41) is 2.20. The Morgan fingerprint density at radius 2 is 0.534 bits per heavy atom. The summed E-state index contributed by atoms with van der Waals surface area (Å²) in [4.78, 5) is 31.0. The summed E-state index contributed by atoms with van der Waals surface area (Å²) in [7, 11) is 0. The summed E-state index contributed by atoms with van der Waals surface area (Å²) < 4.78 is 90.1.